The van der Waals surface area contributed by atoms with Gasteiger partial charge in [0.25, 0.3) is 0 Å². The van der Waals surface area contributed by atoms with Gasteiger partial charge >= 0.3 is 0 Å². The van der Waals surface area contributed by atoms with Gasteiger partial charge in [-0.1, -0.05) is 0 Å². The molecule has 0 aromatic heterocycles. The van der Waals surface area contributed by atoms with Crippen molar-refractivity contribution >= 4 is 15.9 Å². The number of sulfonamides is 1. The van der Waals surface area contributed by atoms with Crippen molar-refractivity contribution < 1.29 is 27.4 Å². The maximum absolute atomic E-state index is 12.3. The van der Waals surface area contributed by atoms with Gasteiger partial charge < -0.3 is 19.1 Å². The van der Waals surface area contributed by atoms with Gasteiger partial charge in [0.15, 0.2) is 11.5 Å². The van der Waals surface area contributed by atoms with Crippen LogP contribution in [0.5, 0.6) is 11.5 Å². The van der Waals surface area contributed by atoms with Gasteiger partial charge in [-0.2, -0.15) is 0 Å². The van der Waals surface area contributed by atoms with Crippen LogP contribution in [0, 0.1) is 0 Å². The standard InChI is InChI=1S/C15H22N2O6S/c1-12(18)17(7-3-9-21-2)8-6-16-24(19,20)13-4-5-14-15(10-13)23-11-22-14/h4-5,10,16H,3,6-9,11H2,1-2H3. The summed E-state index contributed by atoms with van der Waals surface area (Å²) in [5.41, 5.74) is 0. The zero-order valence-corrected chi connectivity index (χ0v) is 14.6. The van der Waals surface area contributed by atoms with Crippen molar-refractivity contribution in [3.8, 4) is 11.5 Å². The second kappa shape index (κ2) is 8.32. The molecule has 0 saturated heterocycles. The minimum absolute atomic E-state index is 0.0846. The van der Waals surface area contributed by atoms with Gasteiger partial charge in [-0.05, 0) is 18.6 Å². The summed E-state index contributed by atoms with van der Waals surface area (Å²) in [6.45, 7) is 3.04. The predicted molar refractivity (Wildman–Crippen MR) is 86.5 cm³/mol. The Labute approximate surface area is 141 Å². The Morgan fingerprint density at radius 1 is 1.29 bits per heavy atom. The van der Waals surface area contributed by atoms with E-state index in [1.165, 1.54) is 19.1 Å². The fourth-order valence-electron chi connectivity index (χ4n) is 2.27. The van der Waals surface area contributed by atoms with Crippen LogP contribution < -0.4 is 14.2 Å². The van der Waals surface area contributed by atoms with Gasteiger partial charge in [-0.15, -0.1) is 0 Å². The molecule has 0 fully saturated rings. The van der Waals surface area contributed by atoms with E-state index in [0.29, 0.717) is 37.6 Å². The first-order valence-corrected chi connectivity index (χ1v) is 9.06. The molecule has 1 N–H and O–H groups in total. The maximum atomic E-state index is 12.3. The quantitative estimate of drug-likeness (QED) is 0.649. The molecule has 24 heavy (non-hydrogen) atoms. The Morgan fingerprint density at radius 3 is 2.75 bits per heavy atom. The Kier molecular flexibility index (Phi) is 6.41. The zero-order valence-electron chi connectivity index (χ0n) is 13.8. The number of hydrogen-bond donors (Lipinski definition) is 1. The number of fused-ring (bicyclic) bond motifs is 1. The topological polar surface area (TPSA) is 94.2 Å². The molecule has 134 valence electrons. The fraction of sp³-hybridized carbons (Fsp3) is 0.533. The number of nitrogens with one attached hydrogen (secondary N) is 1. The molecule has 9 heteroatoms. The summed E-state index contributed by atoms with van der Waals surface area (Å²) in [5, 5.41) is 0. The molecule has 1 aliphatic rings. The molecule has 0 saturated carbocycles. The fourth-order valence-corrected chi connectivity index (χ4v) is 3.30. The van der Waals surface area contributed by atoms with E-state index in [-0.39, 0.29) is 24.1 Å². The van der Waals surface area contributed by atoms with Crippen molar-refractivity contribution in [2.24, 2.45) is 0 Å². The minimum Gasteiger partial charge on any atom is -0.454 e. The molecule has 1 aliphatic heterocycles. The lowest BCUT2D eigenvalue weighted by atomic mass is 10.3. The summed E-state index contributed by atoms with van der Waals surface area (Å²) in [6, 6.07) is 4.44. The molecule has 8 nitrogen and oxygen atoms in total. The Balaban J connectivity index is 1.91. The summed E-state index contributed by atoms with van der Waals surface area (Å²) < 4.78 is 42.4. The van der Waals surface area contributed by atoms with Crippen LogP contribution in [-0.2, 0) is 19.6 Å². The van der Waals surface area contributed by atoms with E-state index >= 15 is 0 Å². The maximum Gasteiger partial charge on any atom is 0.240 e. The van der Waals surface area contributed by atoms with Crippen molar-refractivity contribution in [3.63, 3.8) is 0 Å². The van der Waals surface area contributed by atoms with Crippen LogP contribution in [0.4, 0.5) is 0 Å². The molecule has 0 spiro atoms. The summed E-state index contributed by atoms with van der Waals surface area (Å²) in [5.74, 6) is 0.825. The van der Waals surface area contributed by atoms with Gasteiger partial charge in [-0.25, -0.2) is 13.1 Å². The van der Waals surface area contributed by atoms with Crippen LogP contribution >= 0.6 is 0 Å². The summed E-state index contributed by atoms with van der Waals surface area (Å²) in [6.07, 6.45) is 0.699. The van der Waals surface area contributed by atoms with E-state index in [2.05, 4.69) is 4.72 Å². The van der Waals surface area contributed by atoms with Crippen LogP contribution in [0.3, 0.4) is 0 Å². The number of methoxy groups -OCH3 is 1. The van der Waals surface area contributed by atoms with Crippen molar-refractivity contribution in [2.45, 2.75) is 18.2 Å². The van der Waals surface area contributed by atoms with Gasteiger partial charge in [0, 0.05) is 46.3 Å². The third-order valence-corrected chi connectivity index (χ3v) is 5.01. The van der Waals surface area contributed by atoms with Crippen LogP contribution in [0.2, 0.25) is 0 Å². The number of hydrogen-bond acceptors (Lipinski definition) is 6. The van der Waals surface area contributed by atoms with Crippen LogP contribution in [0.1, 0.15) is 13.3 Å². The number of amides is 1. The molecule has 0 unspecified atom stereocenters. The number of carbonyl (C=O) groups excluding carboxylic acids is 1. The zero-order chi connectivity index (χ0) is 17.6. The number of rotatable bonds is 9. The van der Waals surface area contributed by atoms with E-state index < -0.39 is 10.0 Å². The summed E-state index contributed by atoms with van der Waals surface area (Å²) >= 11 is 0. The number of nitrogens with zero attached hydrogens (tertiary/aromatic N) is 1. The van der Waals surface area contributed by atoms with Crippen molar-refractivity contribution in [1.29, 1.82) is 0 Å². The largest absolute Gasteiger partial charge is 0.454 e. The lowest BCUT2D eigenvalue weighted by Gasteiger charge is -2.21. The molecule has 0 bridgehead atoms. The van der Waals surface area contributed by atoms with Crippen LogP contribution in [-0.4, -0.2) is 59.4 Å². The van der Waals surface area contributed by atoms with Gasteiger partial charge in [0.1, 0.15) is 0 Å². The van der Waals surface area contributed by atoms with Crippen molar-refractivity contribution in [1.82, 2.24) is 9.62 Å². The summed E-state index contributed by atoms with van der Waals surface area (Å²) in [7, 11) is -2.08. The Morgan fingerprint density at radius 2 is 2.04 bits per heavy atom. The average Bonchev–Trinajstić information content (AvgIpc) is 3.00. The smallest absolute Gasteiger partial charge is 0.240 e. The molecule has 1 amide bonds. The molecule has 1 aromatic rings. The highest BCUT2D eigenvalue weighted by Gasteiger charge is 2.20. The molecule has 1 heterocycles. The van der Waals surface area contributed by atoms with Crippen LogP contribution in [0.25, 0.3) is 0 Å². The van der Waals surface area contributed by atoms with Crippen LogP contribution in [0.15, 0.2) is 23.1 Å². The van der Waals surface area contributed by atoms with E-state index in [1.54, 1.807) is 18.1 Å². The first-order valence-electron chi connectivity index (χ1n) is 7.58. The molecule has 2 rings (SSSR count). The first kappa shape index (κ1) is 18.5. The molecule has 0 aliphatic carbocycles. The molecule has 0 radical (unpaired) electrons. The third-order valence-electron chi connectivity index (χ3n) is 3.55. The lowest BCUT2D eigenvalue weighted by molar-refractivity contribution is -0.128. The van der Waals surface area contributed by atoms with Crippen molar-refractivity contribution in [2.75, 3.05) is 40.1 Å². The molecule has 0 atom stereocenters. The number of ether oxygens (including phenoxy) is 3. The first-order chi connectivity index (χ1) is 11.4. The monoisotopic (exact) mass is 358 g/mol. The highest BCUT2D eigenvalue weighted by molar-refractivity contribution is 7.89. The van der Waals surface area contributed by atoms with E-state index in [9.17, 15) is 13.2 Å². The average molecular weight is 358 g/mol. The Bertz CT molecular complexity index is 677. The number of benzene rings is 1. The second-order valence-corrected chi connectivity index (χ2v) is 7.03. The lowest BCUT2D eigenvalue weighted by Crippen LogP contribution is -2.38. The molecule has 1 aromatic carbocycles. The van der Waals surface area contributed by atoms with E-state index in [0.717, 1.165) is 0 Å². The number of carbonyl (C=O) groups is 1. The highest BCUT2D eigenvalue weighted by Crippen LogP contribution is 2.33. The second-order valence-electron chi connectivity index (χ2n) is 5.27. The SMILES string of the molecule is COCCCN(CCNS(=O)(=O)c1ccc2c(c1)OCO2)C(C)=O. The molecular formula is C15H22N2O6S. The Hall–Kier alpha value is -1.84. The third kappa shape index (κ3) is 4.83. The van der Waals surface area contributed by atoms with Gasteiger partial charge in [-0.3, -0.25) is 4.79 Å². The van der Waals surface area contributed by atoms with E-state index in [4.69, 9.17) is 14.2 Å². The van der Waals surface area contributed by atoms with E-state index in [1.807, 2.05) is 0 Å². The normalized spacial score (nSPS) is 13.1. The highest BCUT2D eigenvalue weighted by atomic mass is 32.2. The van der Waals surface area contributed by atoms with Crippen molar-refractivity contribution in [3.05, 3.63) is 18.2 Å². The predicted octanol–water partition coefficient (Wildman–Crippen LogP) is 0.579. The van der Waals surface area contributed by atoms with Gasteiger partial charge in [0.2, 0.25) is 22.7 Å². The molecular weight excluding hydrogens is 336 g/mol. The van der Waals surface area contributed by atoms with Gasteiger partial charge in [0.05, 0.1) is 4.90 Å². The minimum atomic E-state index is -3.68. The summed E-state index contributed by atoms with van der Waals surface area (Å²) in [4.78, 5) is 13.3.